The van der Waals surface area contributed by atoms with E-state index >= 15 is 0 Å². The second kappa shape index (κ2) is 6.22. The molecule has 5 heteroatoms. The highest BCUT2D eigenvalue weighted by atomic mass is 19.1. The van der Waals surface area contributed by atoms with Crippen LogP contribution < -0.4 is 15.8 Å². The van der Waals surface area contributed by atoms with Crippen LogP contribution >= 0.6 is 0 Å². The molecule has 0 aromatic heterocycles. The summed E-state index contributed by atoms with van der Waals surface area (Å²) in [5, 5.41) is 2.81. The molecule has 1 aliphatic carbocycles. The zero-order valence-electron chi connectivity index (χ0n) is 11.7. The van der Waals surface area contributed by atoms with Gasteiger partial charge >= 0.3 is 0 Å². The molecule has 1 aliphatic rings. The first-order valence-corrected chi connectivity index (χ1v) is 6.92. The van der Waals surface area contributed by atoms with Gasteiger partial charge in [-0.3, -0.25) is 4.79 Å². The van der Waals surface area contributed by atoms with Gasteiger partial charge in [-0.15, -0.1) is 0 Å². The van der Waals surface area contributed by atoms with Crippen LogP contribution in [0.4, 0.5) is 4.39 Å². The van der Waals surface area contributed by atoms with E-state index in [0.29, 0.717) is 18.8 Å². The summed E-state index contributed by atoms with van der Waals surface area (Å²) in [7, 11) is 1.46. The molecule has 1 saturated carbocycles. The van der Waals surface area contributed by atoms with Crippen molar-refractivity contribution in [2.45, 2.75) is 25.7 Å². The quantitative estimate of drug-likeness (QED) is 0.868. The molecule has 20 heavy (non-hydrogen) atoms. The van der Waals surface area contributed by atoms with Gasteiger partial charge in [0.25, 0.3) is 5.91 Å². The second-order valence-corrected chi connectivity index (χ2v) is 5.44. The van der Waals surface area contributed by atoms with Gasteiger partial charge in [-0.1, -0.05) is 12.8 Å². The SMILES string of the molecule is COc1ccc(C(=O)NCC2(CN)CCCC2)c(F)c1. The highest BCUT2D eigenvalue weighted by molar-refractivity contribution is 5.94. The van der Waals surface area contributed by atoms with E-state index in [1.807, 2.05) is 0 Å². The number of carbonyl (C=O) groups is 1. The predicted molar refractivity (Wildman–Crippen MR) is 75.2 cm³/mol. The van der Waals surface area contributed by atoms with E-state index in [-0.39, 0.29) is 11.0 Å². The van der Waals surface area contributed by atoms with Crippen LogP contribution in [0.2, 0.25) is 0 Å². The molecule has 1 aromatic carbocycles. The van der Waals surface area contributed by atoms with Crippen molar-refractivity contribution in [1.29, 1.82) is 0 Å². The molecule has 1 aromatic rings. The molecular weight excluding hydrogens is 259 g/mol. The number of hydrogen-bond acceptors (Lipinski definition) is 3. The Morgan fingerprint density at radius 1 is 1.45 bits per heavy atom. The average Bonchev–Trinajstić information content (AvgIpc) is 2.94. The summed E-state index contributed by atoms with van der Waals surface area (Å²) in [6.07, 6.45) is 4.33. The minimum atomic E-state index is -0.574. The number of nitrogens with one attached hydrogen (secondary N) is 1. The van der Waals surface area contributed by atoms with Gasteiger partial charge in [0.2, 0.25) is 0 Å². The molecule has 0 saturated heterocycles. The number of methoxy groups -OCH3 is 1. The van der Waals surface area contributed by atoms with Crippen molar-refractivity contribution in [2.24, 2.45) is 11.1 Å². The standard InChI is InChI=1S/C15H21FN2O2/c1-20-11-4-5-12(13(16)8-11)14(19)18-10-15(9-17)6-2-3-7-15/h4-5,8H,2-3,6-7,9-10,17H2,1H3,(H,18,19). The zero-order valence-corrected chi connectivity index (χ0v) is 11.7. The molecule has 0 radical (unpaired) electrons. The van der Waals surface area contributed by atoms with Gasteiger partial charge in [0.15, 0.2) is 0 Å². The molecule has 110 valence electrons. The highest BCUT2D eigenvalue weighted by Crippen LogP contribution is 2.36. The van der Waals surface area contributed by atoms with Crippen LogP contribution in [-0.4, -0.2) is 26.1 Å². The molecule has 3 N–H and O–H groups in total. The van der Waals surface area contributed by atoms with Crippen molar-refractivity contribution in [3.63, 3.8) is 0 Å². The Hall–Kier alpha value is -1.62. The Morgan fingerprint density at radius 3 is 2.70 bits per heavy atom. The Balaban J connectivity index is 2.01. The molecule has 1 amide bonds. The number of benzene rings is 1. The number of rotatable bonds is 5. The van der Waals surface area contributed by atoms with Gasteiger partial charge in [-0.05, 0) is 36.9 Å². The number of amides is 1. The number of hydrogen-bond donors (Lipinski definition) is 2. The molecule has 0 atom stereocenters. The summed E-state index contributed by atoms with van der Waals surface area (Å²) in [5.74, 6) is -0.576. The van der Waals surface area contributed by atoms with Crippen LogP contribution in [0.3, 0.4) is 0 Å². The van der Waals surface area contributed by atoms with Crippen LogP contribution in [0.25, 0.3) is 0 Å². The molecule has 1 fully saturated rings. The topological polar surface area (TPSA) is 64.3 Å². The number of carbonyl (C=O) groups excluding carboxylic acids is 1. The van der Waals surface area contributed by atoms with Crippen molar-refractivity contribution in [2.75, 3.05) is 20.2 Å². The van der Waals surface area contributed by atoms with Gasteiger partial charge < -0.3 is 15.8 Å². The number of nitrogens with two attached hydrogens (primary N) is 1. The first-order chi connectivity index (χ1) is 9.60. The molecule has 0 unspecified atom stereocenters. The minimum absolute atomic E-state index is 0.0153. The summed E-state index contributed by atoms with van der Waals surface area (Å²) in [6.45, 7) is 1.06. The molecule has 4 nitrogen and oxygen atoms in total. The van der Waals surface area contributed by atoms with Crippen molar-refractivity contribution in [3.05, 3.63) is 29.6 Å². The predicted octanol–water partition coefficient (Wildman–Crippen LogP) is 2.08. The molecule has 0 bridgehead atoms. The first-order valence-electron chi connectivity index (χ1n) is 6.92. The molecule has 0 heterocycles. The molecular formula is C15H21FN2O2. The van der Waals surface area contributed by atoms with E-state index in [4.69, 9.17) is 10.5 Å². The highest BCUT2D eigenvalue weighted by Gasteiger charge is 2.32. The van der Waals surface area contributed by atoms with E-state index in [1.165, 1.54) is 19.2 Å². The summed E-state index contributed by atoms with van der Waals surface area (Å²) in [5.41, 5.74) is 5.84. The Kier molecular flexibility index (Phi) is 4.60. The summed E-state index contributed by atoms with van der Waals surface area (Å²) >= 11 is 0. The third kappa shape index (κ3) is 3.10. The fraction of sp³-hybridized carbons (Fsp3) is 0.533. The molecule has 2 rings (SSSR count). The summed E-state index contributed by atoms with van der Waals surface area (Å²) in [4.78, 5) is 12.0. The lowest BCUT2D eigenvalue weighted by molar-refractivity contribution is 0.0928. The summed E-state index contributed by atoms with van der Waals surface area (Å²) < 4.78 is 18.7. The second-order valence-electron chi connectivity index (χ2n) is 5.44. The monoisotopic (exact) mass is 280 g/mol. The number of ether oxygens (including phenoxy) is 1. The zero-order chi connectivity index (χ0) is 14.6. The Morgan fingerprint density at radius 2 is 2.15 bits per heavy atom. The smallest absolute Gasteiger partial charge is 0.254 e. The third-order valence-electron chi connectivity index (χ3n) is 4.14. The van der Waals surface area contributed by atoms with E-state index < -0.39 is 11.7 Å². The number of halogens is 1. The van der Waals surface area contributed by atoms with Crippen molar-refractivity contribution in [1.82, 2.24) is 5.32 Å². The van der Waals surface area contributed by atoms with Gasteiger partial charge in [0, 0.05) is 12.6 Å². The lowest BCUT2D eigenvalue weighted by Gasteiger charge is -2.27. The Bertz CT molecular complexity index is 485. The maximum atomic E-state index is 13.8. The lowest BCUT2D eigenvalue weighted by atomic mass is 9.86. The van der Waals surface area contributed by atoms with Gasteiger partial charge in [-0.25, -0.2) is 4.39 Å². The normalized spacial score (nSPS) is 16.9. The lowest BCUT2D eigenvalue weighted by Crippen LogP contribution is -2.40. The van der Waals surface area contributed by atoms with Gasteiger partial charge in [0.1, 0.15) is 11.6 Å². The fourth-order valence-corrected chi connectivity index (χ4v) is 2.75. The molecule has 0 spiro atoms. The maximum absolute atomic E-state index is 13.8. The summed E-state index contributed by atoms with van der Waals surface area (Å²) in [6, 6.07) is 4.22. The van der Waals surface area contributed by atoms with Crippen molar-refractivity contribution in [3.8, 4) is 5.75 Å². The minimum Gasteiger partial charge on any atom is -0.497 e. The first kappa shape index (κ1) is 14.8. The van der Waals surface area contributed by atoms with Crippen molar-refractivity contribution < 1.29 is 13.9 Å². The Labute approximate surface area is 118 Å². The fourth-order valence-electron chi connectivity index (χ4n) is 2.75. The average molecular weight is 280 g/mol. The van der Waals surface area contributed by atoms with Crippen LogP contribution in [-0.2, 0) is 0 Å². The molecule has 0 aliphatic heterocycles. The maximum Gasteiger partial charge on any atom is 0.254 e. The van der Waals surface area contributed by atoms with Crippen LogP contribution in [0.15, 0.2) is 18.2 Å². The third-order valence-corrected chi connectivity index (χ3v) is 4.14. The van der Waals surface area contributed by atoms with Crippen LogP contribution in [0.1, 0.15) is 36.0 Å². The van der Waals surface area contributed by atoms with Gasteiger partial charge in [0.05, 0.1) is 12.7 Å². The van der Waals surface area contributed by atoms with E-state index in [2.05, 4.69) is 5.32 Å². The van der Waals surface area contributed by atoms with Crippen LogP contribution in [0.5, 0.6) is 5.75 Å². The van der Waals surface area contributed by atoms with E-state index in [1.54, 1.807) is 6.07 Å². The van der Waals surface area contributed by atoms with E-state index in [9.17, 15) is 9.18 Å². The van der Waals surface area contributed by atoms with Gasteiger partial charge in [-0.2, -0.15) is 0 Å². The van der Waals surface area contributed by atoms with E-state index in [0.717, 1.165) is 25.7 Å². The van der Waals surface area contributed by atoms with Crippen molar-refractivity contribution >= 4 is 5.91 Å². The largest absolute Gasteiger partial charge is 0.497 e. The van der Waals surface area contributed by atoms with Crippen LogP contribution in [0, 0.1) is 11.2 Å².